The van der Waals surface area contributed by atoms with Gasteiger partial charge in [-0.2, -0.15) is 0 Å². The van der Waals surface area contributed by atoms with Gasteiger partial charge in [-0.3, -0.25) is 4.79 Å². The molecule has 0 aromatic heterocycles. The van der Waals surface area contributed by atoms with Crippen molar-refractivity contribution in [2.45, 2.75) is 19.3 Å². The van der Waals surface area contributed by atoms with Gasteiger partial charge in [0.15, 0.2) is 11.6 Å². The first-order valence-corrected chi connectivity index (χ1v) is 6.11. The van der Waals surface area contributed by atoms with Gasteiger partial charge in [0.25, 0.3) is 0 Å². The Labute approximate surface area is 117 Å². The van der Waals surface area contributed by atoms with Crippen LogP contribution in [-0.4, -0.2) is 19.0 Å². The van der Waals surface area contributed by atoms with Gasteiger partial charge in [0.2, 0.25) is 5.91 Å². The van der Waals surface area contributed by atoms with Gasteiger partial charge in [-0.25, -0.2) is 8.78 Å². The van der Waals surface area contributed by atoms with E-state index in [-0.39, 0.29) is 18.3 Å². The SMILES string of the molecule is Cl.O=C(CCC1CCNC1)Nc1ccc(F)c(F)c1. The van der Waals surface area contributed by atoms with Gasteiger partial charge in [0, 0.05) is 18.2 Å². The molecule has 1 saturated heterocycles. The molecule has 2 rings (SSSR count). The minimum Gasteiger partial charge on any atom is -0.326 e. The molecule has 1 amide bonds. The van der Waals surface area contributed by atoms with Gasteiger partial charge in [0.1, 0.15) is 0 Å². The number of rotatable bonds is 4. The second-order valence-electron chi connectivity index (χ2n) is 4.57. The fourth-order valence-corrected chi connectivity index (χ4v) is 2.09. The number of amides is 1. The minimum absolute atomic E-state index is 0. The summed E-state index contributed by atoms with van der Waals surface area (Å²) in [5.41, 5.74) is 0.295. The summed E-state index contributed by atoms with van der Waals surface area (Å²) in [5.74, 6) is -1.48. The Balaban J connectivity index is 0.00000180. The van der Waals surface area contributed by atoms with E-state index in [0.29, 0.717) is 18.0 Å². The zero-order valence-electron chi connectivity index (χ0n) is 10.4. The number of carbonyl (C=O) groups is 1. The molecule has 1 fully saturated rings. The van der Waals surface area contributed by atoms with Crippen LogP contribution in [0.1, 0.15) is 19.3 Å². The molecule has 1 unspecified atom stereocenters. The molecule has 0 spiro atoms. The van der Waals surface area contributed by atoms with E-state index in [1.165, 1.54) is 6.07 Å². The second-order valence-corrected chi connectivity index (χ2v) is 4.57. The Hall–Kier alpha value is -1.20. The van der Waals surface area contributed by atoms with Crippen LogP contribution in [0.25, 0.3) is 0 Å². The van der Waals surface area contributed by atoms with Gasteiger partial charge in [-0.1, -0.05) is 0 Å². The van der Waals surface area contributed by atoms with Gasteiger partial charge in [-0.15, -0.1) is 12.4 Å². The number of benzene rings is 1. The van der Waals surface area contributed by atoms with Crippen molar-refractivity contribution >= 4 is 24.0 Å². The number of hydrogen-bond acceptors (Lipinski definition) is 2. The lowest BCUT2D eigenvalue weighted by molar-refractivity contribution is -0.116. The van der Waals surface area contributed by atoms with E-state index in [1.54, 1.807) is 0 Å². The fraction of sp³-hybridized carbons (Fsp3) is 0.462. The van der Waals surface area contributed by atoms with E-state index in [4.69, 9.17) is 0 Å². The summed E-state index contributed by atoms with van der Waals surface area (Å²) in [6.07, 6.45) is 2.33. The van der Waals surface area contributed by atoms with Crippen molar-refractivity contribution in [3.05, 3.63) is 29.8 Å². The number of hydrogen-bond donors (Lipinski definition) is 2. The molecule has 0 radical (unpaired) electrons. The lowest BCUT2D eigenvalue weighted by Crippen LogP contribution is -2.15. The van der Waals surface area contributed by atoms with Gasteiger partial charge in [0.05, 0.1) is 0 Å². The molecule has 6 heteroatoms. The molecule has 0 bridgehead atoms. The average molecular weight is 291 g/mol. The van der Waals surface area contributed by atoms with E-state index in [2.05, 4.69) is 10.6 Å². The summed E-state index contributed by atoms with van der Waals surface area (Å²) in [6.45, 7) is 1.97. The number of halogens is 3. The molecule has 1 aliphatic rings. The van der Waals surface area contributed by atoms with Crippen molar-refractivity contribution in [3.8, 4) is 0 Å². The summed E-state index contributed by atoms with van der Waals surface area (Å²) in [7, 11) is 0. The predicted octanol–water partition coefficient (Wildman–Crippen LogP) is 2.71. The van der Waals surface area contributed by atoms with Crippen LogP contribution in [0.2, 0.25) is 0 Å². The van der Waals surface area contributed by atoms with Crippen LogP contribution in [0.3, 0.4) is 0 Å². The quantitative estimate of drug-likeness (QED) is 0.895. The van der Waals surface area contributed by atoms with E-state index < -0.39 is 11.6 Å². The second kappa shape index (κ2) is 7.40. The van der Waals surface area contributed by atoms with Gasteiger partial charge in [-0.05, 0) is 44.0 Å². The van der Waals surface area contributed by atoms with Crippen LogP contribution in [-0.2, 0) is 4.79 Å². The van der Waals surface area contributed by atoms with Crippen LogP contribution in [0.4, 0.5) is 14.5 Å². The first-order chi connectivity index (χ1) is 8.65. The first-order valence-electron chi connectivity index (χ1n) is 6.11. The van der Waals surface area contributed by atoms with Crippen molar-refractivity contribution in [1.82, 2.24) is 5.32 Å². The molecule has 2 N–H and O–H groups in total. The predicted molar refractivity (Wildman–Crippen MR) is 72.4 cm³/mol. The van der Waals surface area contributed by atoms with Crippen molar-refractivity contribution in [2.24, 2.45) is 5.92 Å². The van der Waals surface area contributed by atoms with E-state index in [9.17, 15) is 13.6 Å². The third-order valence-corrected chi connectivity index (χ3v) is 3.15. The van der Waals surface area contributed by atoms with Crippen molar-refractivity contribution in [2.75, 3.05) is 18.4 Å². The van der Waals surface area contributed by atoms with Crippen LogP contribution in [0, 0.1) is 17.6 Å². The summed E-state index contributed by atoms with van der Waals surface area (Å²) in [6, 6.07) is 3.35. The largest absolute Gasteiger partial charge is 0.326 e. The monoisotopic (exact) mass is 290 g/mol. The third kappa shape index (κ3) is 4.76. The van der Waals surface area contributed by atoms with Crippen LogP contribution in [0.15, 0.2) is 18.2 Å². The summed E-state index contributed by atoms with van der Waals surface area (Å²) >= 11 is 0. The Kier molecular flexibility index (Phi) is 6.18. The maximum absolute atomic E-state index is 12.9. The van der Waals surface area contributed by atoms with E-state index in [0.717, 1.165) is 38.1 Å². The molecule has 106 valence electrons. The smallest absolute Gasteiger partial charge is 0.224 e. The Bertz CT molecular complexity index is 437. The normalized spacial score (nSPS) is 17.9. The number of carbonyl (C=O) groups excluding carboxylic acids is 1. The minimum atomic E-state index is -0.951. The molecule has 3 nitrogen and oxygen atoms in total. The lowest BCUT2D eigenvalue weighted by Gasteiger charge is -2.08. The summed E-state index contributed by atoms with van der Waals surface area (Å²) in [4.78, 5) is 11.6. The van der Waals surface area contributed by atoms with Gasteiger partial charge >= 0.3 is 0 Å². The molecule has 1 heterocycles. The van der Waals surface area contributed by atoms with E-state index >= 15 is 0 Å². The van der Waals surface area contributed by atoms with Crippen molar-refractivity contribution < 1.29 is 13.6 Å². The maximum atomic E-state index is 12.9. The molecule has 1 aliphatic heterocycles. The highest BCUT2D eigenvalue weighted by atomic mass is 35.5. The number of nitrogens with one attached hydrogen (secondary N) is 2. The number of anilines is 1. The Morgan fingerprint density at radius 1 is 1.37 bits per heavy atom. The highest BCUT2D eigenvalue weighted by Gasteiger charge is 2.15. The van der Waals surface area contributed by atoms with Crippen molar-refractivity contribution in [3.63, 3.8) is 0 Å². The summed E-state index contributed by atoms with van der Waals surface area (Å²) < 4.78 is 25.6. The fourth-order valence-electron chi connectivity index (χ4n) is 2.09. The molecule has 0 aliphatic carbocycles. The zero-order valence-corrected chi connectivity index (χ0v) is 11.2. The van der Waals surface area contributed by atoms with E-state index in [1.807, 2.05) is 0 Å². The molecule has 1 aromatic carbocycles. The highest BCUT2D eigenvalue weighted by molar-refractivity contribution is 5.90. The lowest BCUT2D eigenvalue weighted by atomic mass is 10.0. The molecule has 1 atom stereocenters. The summed E-state index contributed by atoms with van der Waals surface area (Å²) in [5, 5.41) is 5.80. The Morgan fingerprint density at radius 2 is 2.16 bits per heavy atom. The van der Waals surface area contributed by atoms with Crippen LogP contribution in [0.5, 0.6) is 0 Å². The highest BCUT2D eigenvalue weighted by Crippen LogP contribution is 2.16. The first kappa shape index (κ1) is 15.9. The molecule has 0 saturated carbocycles. The molecule has 1 aromatic rings. The third-order valence-electron chi connectivity index (χ3n) is 3.15. The molecular weight excluding hydrogens is 274 g/mol. The molecular formula is C13H17ClF2N2O. The standard InChI is InChI=1S/C13H16F2N2O.ClH/c14-11-3-2-10(7-12(11)15)17-13(18)4-1-9-5-6-16-8-9;/h2-3,7,9,16H,1,4-6,8H2,(H,17,18);1H. The Morgan fingerprint density at radius 3 is 2.79 bits per heavy atom. The van der Waals surface area contributed by atoms with Gasteiger partial charge < -0.3 is 10.6 Å². The maximum Gasteiger partial charge on any atom is 0.224 e. The van der Waals surface area contributed by atoms with Crippen LogP contribution >= 0.6 is 12.4 Å². The topological polar surface area (TPSA) is 41.1 Å². The van der Waals surface area contributed by atoms with Crippen molar-refractivity contribution in [1.29, 1.82) is 0 Å². The zero-order chi connectivity index (χ0) is 13.0. The molecule has 19 heavy (non-hydrogen) atoms. The van der Waals surface area contributed by atoms with Crippen LogP contribution < -0.4 is 10.6 Å². The average Bonchev–Trinajstić information content (AvgIpc) is 2.84.